The van der Waals surface area contributed by atoms with E-state index in [0.29, 0.717) is 34.5 Å². The molecule has 0 heterocycles. The summed E-state index contributed by atoms with van der Waals surface area (Å²) < 4.78 is 5.39. The molecule has 0 aromatic heterocycles. The molecule has 1 aromatic rings. The Morgan fingerprint density at radius 2 is 1.80 bits per heavy atom. The highest BCUT2D eigenvalue weighted by Crippen LogP contribution is 2.35. The van der Waals surface area contributed by atoms with Crippen LogP contribution in [0.2, 0.25) is 10.0 Å². The number of benzene rings is 1. The first-order chi connectivity index (χ1) is 7.15. The maximum absolute atomic E-state index is 8.58. The molecule has 0 saturated heterocycles. The topological polar surface area (TPSA) is 55.5 Å². The average Bonchev–Trinajstić information content (AvgIpc) is 2.15. The van der Waals surface area contributed by atoms with Crippen LogP contribution in [-0.4, -0.2) is 18.3 Å². The molecule has 15 heavy (non-hydrogen) atoms. The molecule has 3 nitrogen and oxygen atoms in total. The fraction of sp³-hybridized carbons (Fsp3) is 0.400. The van der Waals surface area contributed by atoms with Gasteiger partial charge in [-0.3, -0.25) is 0 Å². The van der Waals surface area contributed by atoms with Gasteiger partial charge in [-0.2, -0.15) is 0 Å². The number of hydrogen-bond acceptors (Lipinski definition) is 3. The molecule has 0 radical (unpaired) electrons. The van der Waals surface area contributed by atoms with Crippen LogP contribution in [0, 0.1) is 0 Å². The first kappa shape index (κ1) is 12.4. The van der Waals surface area contributed by atoms with Crippen LogP contribution in [0.25, 0.3) is 0 Å². The van der Waals surface area contributed by atoms with Crippen molar-refractivity contribution in [1.82, 2.24) is 0 Å². The van der Waals surface area contributed by atoms with Crippen molar-refractivity contribution in [3.8, 4) is 5.75 Å². The third kappa shape index (κ3) is 3.78. The first-order valence-electron chi connectivity index (χ1n) is 4.63. The molecule has 0 fully saturated rings. The maximum Gasteiger partial charge on any atom is 0.156 e. The second kappa shape index (κ2) is 6.05. The Balaban J connectivity index is 2.60. The lowest BCUT2D eigenvalue weighted by molar-refractivity contribution is 0.253. The Morgan fingerprint density at radius 1 is 1.20 bits per heavy atom. The van der Waals surface area contributed by atoms with Gasteiger partial charge in [0.2, 0.25) is 0 Å². The van der Waals surface area contributed by atoms with E-state index in [9.17, 15) is 0 Å². The number of aliphatic hydroxyl groups excluding tert-OH is 1. The van der Waals surface area contributed by atoms with Crippen LogP contribution < -0.4 is 10.5 Å². The monoisotopic (exact) mass is 249 g/mol. The maximum atomic E-state index is 8.58. The second-order valence-corrected chi connectivity index (χ2v) is 3.91. The normalized spacial score (nSPS) is 10.3. The van der Waals surface area contributed by atoms with E-state index in [-0.39, 0.29) is 6.61 Å². The minimum Gasteiger partial charge on any atom is -0.490 e. The highest BCUT2D eigenvalue weighted by Gasteiger charge is 2.08. The smallest absolute Gasteiger partial charge is 0.156 e. The molecule has 0 saturated carbocycles. The van der Waals surface area contributed by atoms with Crippen molar-refractivity contribution in [2.75, 3.05) is 18.9 Å². The van der Waals surface area contributed by atoms with E-state index in [0.717, 1.165) is 6.42 Å². The van der Waals surface area contributed by atoms with Gasteiger partial charge < -0.3 is 15.6 Å². The molecule has 0 unspecified atom stereocenters. The van der Waals surface area contributed by atoms with E-state index in [4.69, 9.17) is 38.8 Å². The van der Waals surface area contributed by atoms with Gasteiger partial charge in [0, 0.05) is 12.3 Å². The van der Waals surface area contributed by atoms with Crippen molar-refractivity contribution in [2.45, 2.75) is 12.8 Å². The van der Waals surface area contributed by atoms with Gasteiger partial charge in [0.1, 0.15) is 0 Å². The molecule has 0 spiro atoms. The molecular weight excluding hydrogens is 237 g/mol. The highest BCUT2D eigenvalue weighted by atomic mass is 35.5. The molecule has 5 heteroatoms. The van der Waals surface area contributed by atoms with Crippen molar-refractivity contribution >= 4 is 28.9 Å². The van der Waals surface area contributed by atoms with Crippen LogP contribution in [-0.2, 0) is 0 Å². The van der Waals surface area contributed by atoms with Crippen LogP contribution in [0.5, 0.6) is 5.75 Å². The Bertz CT molecular complexity index is 308. The minimum absolute atomic E-state index is 0.159. The summed E-state index contributed by atoms with van der Waals surface area (Å²) in [6.45, 7) is 0.635. The predicted molar refractivity (Wildman–Crippen MR) is 62.7 cm³/mol. The number of nitrogens with two attached hydrogens (primary N) is 1. The van der Waals surface area contributed by atoms with E-state index in [1.54, 1.807) is 12.1 Å². The van der Waals surface area contributed by atoms with Crippen LogP contribution in [0.4, 0.5) is 5.69 Å². The number of ether oxygens (including phenoxy) is 1. The van der Waals surface area contributed by atoms with Gasteiger partial charge in [0.25, 0.3) is 0 Å². The quantitative estimate of drug-likeness (QED) is 0.624. The van der Waals surface area contributed by atoms with Gasteiger partial charge in [0.05, 0.1) is 16.7 Å². The van der Waals surface area contributed by atoms with Crippen LogP contribution in [0.15, 0.2) is 12.1 Å². The number of rotatable bonds is 5. The fourth-order valence-corrected chi connectivity index (χ4v) is 1.72. The molecule has 1 aromatic carbocycles. The Kier molecular flexibility index (Phi) is 5.02. The summed E-state index contributed by atoms with van der Waals surface area (Å²) in [7, 11) is 0. The van der Waals surface area contributed by atoms with Gasteiger partial charge in [0.15, 0.2) is 5.75 Å². The Hall–Kier alpha value is -0.640. The summed E-state index contributed by atoms with van der Waals surface area (Å²) in [5.41, 5.74) is 6.05. The van der Waals surface area contributed by atoms with Gasteiger partial charge >= 0.3 is 0 Å². The van der Waals surface area contributed by atoms with Crippen molar-refractivity contribution in [2.24, 2.45) is 0 Å². The summed E-state index contributed by atoms with van der Waals surface area (Å²) in [6, 6.07) is 3.18. The van der Waals surface area contributed by atoms with Crippen LogP contribution >= 0.6 is 23.2 Å². The lowest BCUT2D eigenvalue weighted by Gasteiger charge is -2.10. The number of anilines is 1. The molecule has 0 aliphatic rings. The van der Waals surface area contributed by atoms with Crippen molar-refractivity contribution in [3.05, 3.63) is 22.2 Å². The molecule has 0 amide bonds. The Morgan fingerprint density at radius 3 is 2.33 bits per heavy atom. The Labute approximate surface area is 98.7 Å². The lowest BCUT2D eigenvalue weighted by atomic mass is 10.3. The van der Waals surface area contributed by atoms with Gasteiger partial charge in [-0.25, -0.2) is 0 Å². The van der Waals surface area contributed by atoms with Crippen LogP contribution in [0.3, 0.4) is 0 Å². The highest BCUT2D eigenvalue weighted by molar-refractivity contribution is 6.37. The predicted octanol–water partition coefficient (Wildman–Crippen LogP) is 2.73. The van der Waals surface area contributed by atoms with E-state index in [1.807, 2.05) is 0 Å². The molecule has 0 aliphatic carbocycles. The number of hydrogen-bond donors (Lipinski definition) is 2. The van der Waals surface area contributed by atoms with Gasteiger partial charge in [-0.15, -0.1) is 0 Å². The number of unbranched alkanes of at least 4 members (excludes halogenated alkanes) is 1. The van der Waals surface area contributed by atoms with E-state index in [1.165, 1.54) is 0 Å². The third-order valence-electron chi connectivity index (χ3n) is 1.82. The summed E-state index contributed by atoms with van der Waals surface area (Å²) in [5, 5.41) is 9.40. The summed E-state index contributed by atoms with van der Waals surface area (Å²) >= 11 is 11.8. The molecule has 3 N–H and O–H groups in total. The fourth-order valence-electron chi connectivity index (χ4n) is 1.11. The minimum atomic E-state index is 0.159. The van der Waals surface area contributed by atoms with Crippen molar-refractivity contribution < 1.29 is 9.84 Å². The van der Waals surface area contributed by atoms with E-state index < -0.39 is 0 Å². The molecule has 84 valence electrons. The van der Waals surface area contributed by atoms with Gasteiger partial charge in [-0.05, 0) is 25.0 Å². The summed E-state index contributed by atoms with van der Waals surface area (Å²) in [4.78, 5) is 0. The number of aliphatic hydroxyl groups is 1. The number of nitrogen functional groups attached to an aromatic ring is 1. The van der Waals surface area contributed by atoms with Crippen molar-refractivity contribution in [1.29, 1.82) is 0 Å². The molecule has 1 rings (SSSR count). The second-order valence-electron chi connectivity index (χ2n) is 3.09. The lowest BCUT2D eigenvalue weighted by Crippen LogP contribution is -2.00. The molecule has 0 bridgehead atoms. The largest absolute Gasteiger partial charge is 0.490 e. The summed E-state index contributed by atoms with van der Waals surface area (Å²) in [6.07, 6.45) is 1.46. The molecule has 0 aliphatic heterocycles. The standard InChI is InChI=1S/C10H13Cl2NO2/c11-8-5-7(13)6-9(12)10(8)15-4-2-1-3-14/h5-6,14H,1-4,13H2. The van der Waals surface area contributed by atoms with Crippen LogP contribution in [0.1, 0.15) is 12.8 Å². The van der Waals surface area contributed by atoms with E-state index in [2.05, 4.69) is 0 Å². The zero-order valence-corrected chi connectivity index (χ0v) is 9.68. The average molecular weight is 250 g/mol. The molecular formula is C10H13Cl2NO2. The number of halogens is 2. The van der Waals surface area contributed by atoms with E-state index >= 15 is 0 Å². The summed E-state index contributed by atoms with van der Waals surface area (Å²) in [5.74, 6) is 0.450. The zero-order chi connectivity index (χ0) is 11.3. The van der Waals surface area contributed by atoms with Crippen molar-refractivity contribution in [3.63, 3.8) is 0 Å². The first-order valence-corrected chi connectivity index (χ1v) is 5.39. The van der Waals surface area contributed by atoms with Gasteiger partial charge in [-0.1, -0.05) is 23.2 Å². The third-order valence-corrected chi connectivity index (χ3v) is 2.38. The zero-order valence-electron chi connectivity index (χ0n) is 8.17. The SMILES string of the molecule is Nc1cc(Cl)c(OCCCCO)c(Cl)c1. The molecule has 0 atom stereocenters.